The van der Waals surface area contributed by atoms with E-state index in [0.29, 0.717) is 10.7 Å². The van der Waals surface area contributed by atoms with Gasteiger partial charge in [0.2, 0.25) is 5.50 Å². The van der Waals surface area contributed by atoms with Crippen LogP contribution in [0.3, 0.4) is 0 Å². The number of urea groups is 1. The SMILES string of the molecule is Cc1cc(Cl)ccc1N=CN(C)C(N(C)C(=O)N(C)C)S(=O)(=O)O. The standard InChI is InChI=1S/C14H21ClN4O4S/c1-10-8-11(15)6-7-12(10)16-9-18(4)14(24(21,22)23)19(5)13(20)17(2)3/h6-9,14H,1-5H3,(H,21,22,23). The Balaban J connectivity index is 3.11. The van der Waals surface area contributed by atoms with Crippen LogP contribution in [0.1, 0.15) is 5.56 Å². The first-order chi connectivity index (χ1) is 10.9. The number of benzene rings is 1. The van der Waals surface area contributed by atoms with Gasteiger partial charge in [-0.1, -0.05) is 11.6 Å². The fourth-order valence-corrected chi connectivity index (χ4v) is 3.26. The number of hydrogen-bond acceptors (Lipinski definition) is 4. The number of halogens is 1. The topological polar surface area (TPSA) is 93.5 Å². The average molecular weight is 377 g/mol. The van der Waals surface area contributed by atoms with Gasteiger partial charge in [-0.2, -0.15) is 8.42 Å². The van der Waals surface area contributed by atoms with E-state index in [4.69, 9.17) is 11.6 Å². The zero-order chi connectivity index (χ0) is 18.7. The first-order valence-corrected chi connectivity index (χ1v) is 8.76. The van der Waals surface area contributed by atoms with Gasteiger partial charge in [0.15, 0.2) is 0 Å². The van der Waals surface area contributed by atoms with E-state index in [1.807, 2.05) is 0 Å². The largest absolute Gasteiger partial charge is 0.331 e. The van der Waals surface area contributed by atoms with Gasteiger partial charge in [-0.3, -0.25) is 9.45 Å². The van der Waals surface area contributed by atoms with Crippen LogP contribution in [-0.2, 0) is 10.1 Å². The fourth-order valence-electron chi connectivity index (χ4n) is 2.07. The maximum atomic E-state index is 12.0. The molecule has 0 aliphatic heterocycles. The molecule has 0 aliphatic rings. The molecule has 8 nitrogen and oxygen atoms in total. The van der Waals surface area contributed by atoms with Crippen molar-refractivity contribution < 1.29 is 17.8 Å². The Morgan fingerprint density at radius 1 is 1.29 bits per heavy atom. The number of aryl methyl sites for hydroxylation is 1. The van der Waals surface area contributed by atoms with Crippen molar-refractivity contribution in [3.8, 4) is 0 Å². The molecule has 0 heterocycles. The monoisotopic (exact) mass is 376 g/mol. The molecule has 0 aliphatic carbocycles. The lowest BCUT2D eigenvalue weighted by atomic mass is 10.2. The quantitative estimate of drug-likeness (QED) is 0.367. The summed E-state index contributed by atoms with van der Waals surface area (Å²) < 4.78 is 32.8. The van der Waals surface area contributed by atoms with Gasteiger partial charge in [0.05, 0.1) is 12.0 Å². The summed E-state index contributed by atoms with van der Waals surface area (Å²) in [6.07, 6.45) is 1.23. The number of rotatable bonds is 5. The molecular weight excluding hydrogens is 356 g/mol. The molecule has 1 aromatic rings. The van der Waals surface area contributed by atoms with E-state index in [2.05, 4.69) is 4.99 Å². The second-order valence-electron chi connectivity index (χ2n) is 5.47. The number of nitrogens with zero attached hydrogens (tertiary/aromatic N) is 4. The number of amides is 2. The third-order valence-electron chi connectivity index (χ3n) is 3.17. The molecular formula is C14H21ClN4O4S. The van der Waals surface area contributed by atoms with Crippen molar-refractivity contribution in [3.05, 3.63) is 28.8 Å². The van der Waals surface area contributed by atoms with Crippen LogP contribution in [0.5, 0.6) is 0 Å². The lowest BCUT2D eigenvalue weighted by Crippen LogP contribution is -2.53. The maximum absolute atomic E-state index is 12.0. The summed E-state index contributed by atoms with van der Waals surface area (Å²) in [6, 6.07) is 4.47. The Labute approximate surface area is 147 Å². The minimum absolute atomic E-state index is 0.562. The normalized spacial score (nSPS) is 13.0. The number of aliphatic imine (C=N–C) groups is 1. The Hall–Kier alpha value is -1.84. The zero-order valence-electron chi connectivity index (χ0n) is 14.1. The highest BCUT2D eigenvalue weighted by Gasteiger charge is 2.34. The summed E-state index contributed by atoms with van der Waals surface area (Å²) in [5.41, 5.74) is -0.223. The second kappa shape index (κ2) is 7.82. The molecule has 0 saturated heterocycles. The summed E-state index contributed by atoms with van der Waals surface area (Å²) in [7, 11) is 1.06. The third-order valence-corrected chi connectivity index (χ3v) is 4.58. The molecule has 10 heteroatoms. The van der Waals surface area contributed by atoms with Gasteiger partial charge in [-0.05, 0) is 30.7 Å². The highest BCUT2D eigenvalue weighted by molar-refractivity contribution is 7.86. The molecule has 1 N–H and O–H groups in total. The summed E-state index contributed by atoms with van der Waals surface area (Å²) in [5, 5.41) is 0.562. The van der Waals surface area contributed by atoms with E-state index in [0.717, 1.165) is 15.4 Å². The first kappa shape index (κ1) is 20.2. The molecule has 24 heavy (non-hydrogen) atoms. The van der Waals surface area contributed by atoms with Gasteiger partial charge in [0.1, 0.15) is 0 Å². The predicted octanol–water partition coefficient (Wildman–Crippen LogP) is 2.02. The first-order valence-electron chi connectivity index (χ1n) is 6.88. The predicted molar refractivity (Wildman–Crippen MR) is 94.3 cm³/mol. The van der Waals surface area contributed by atoms with Gasteiger partial charge in [-0.15, -0.1) is 0 Å². The van der Waals surface area contributed by atoms with E-state index < -0.39 is 21.6 Å². The molecule has 0 saturated carbocycles. The van der Waals surface area contributed by atoms with E-state index in [9.17, 15) is 17.8 Å². The van der Waals surface area contributed by atoms with E-state index >= 15 is 0 Å². The fraction of sp³-hybridized carbons (Fsp3) is 0.429. The molecule has 0 bridgehead atoms. The van der Waals surface area contributed by atoms with Crippen LogP contribution in [0.4, 0.5) is 10.5 Å². The molecule has 1 atom stereocenters. The maximum Gasteiger partial charge on any atom is 0.321 e. The van der Waals surface area contributed by atoms with Crippen molar-refractivity contribution in [3.63, 3.8) is 0 Å². The van der Waals surface area contributed by atoms with Crippen molar-refractivity contribution in [1.82, 2.24) is 14.7 Å². The van der Waals surface area contributed by atoms with Crippen LogP contribution < -0.4 is 0 Å². The van der Waals surface area contributed by atoms with Crippen LogP contribution in [0.2, 0.25) is 5.02 Å². The molecule has 1 aromatic carbocycles. The number of carbonyl (C=O) groups excluding carboxylic acids is 1. The van der Waals surface area contributed by atoms with Crippen molar-refractivity contribution in [1.29, 1.82) is 0 Å². The Morgan fingerprint density at radius 3 is 2.33 bits per heavy atom. The van der Waals surface area contributed by atoms with E-state index in [-0.39, 0.29) is 0 Å². The zero-order valence-corrected chi connectivity index (χ0v) is 15.7. The smallest absolute Gasteiger partial charge is 0.321 e. The Bertz CT molecular complexity index is 736. The van der Waals surface area contributed by atoms with Crippen molar-refractivity contribution in [2.75, 3.05) is 28.2 Å². The molecule has 0 radical (unpaired) electrons. The molecule has 0 spiro atoms. The van der Waals surface area contributed by atoms with Gasteiger partial charge in [-0.25, -0.2) is 9.79 Å². The summed E-state index contributed by atoms with van der Waals surface area (Å²) >= 11 is 5.87. The highest BCUT2D eigenvalue weighted by Crippen LogP contribution is 2.22. The summed E-state index contributed by atoms with van der Waals surface area (Å²) in [4.78, 5) is 19.4. The third kappa shape index (κ3) is 5.08. The van der Waals surface area contributed by atoms with Gasteiger partial charge < -0.3 is 9.80 Å². The molecule has 1 unspecified atom stereocenters. The van der Waals surface area contributed by atoms with Gasteiger partial charge in [0.25, 0.3) is 0 Å². The lowest BCUT2D eigenvalue weighted by molar-refractivity contribution is 0.151. The van der Waals surface area contributed by atoms with Crippen LogP contribution in [-0.4, -0.2) is 73.7 Å². The van der Waals surface area contributed by atoms with Crippen molar-refractivity contribution in [2.24, 2.45) is 4.99 Å². The summed E-state index contributed by atoms with van der Waals surface area (Å²) in [6.45, 7) is 1.81. The highest BCUT2D eigenvalue weighted by atomic mass is 35.5. The van der Waals surface area contributed by atoms with Crippen molar-refractivity contribution >= 4 is 39.8 Å². The average Bonchev–Trinajstić information content (AvgIpc) is 2.43. The van der Waals surface area contributed by atoms with E-state index in [1.54, 1.807) is 25.1 Å². The second-order valence-corrected chi connectivity index (χ2v) is 7.36. The Kier molecular flexibility index (Phi) is 6.58. The number of carbonyl (C=O) groups is 1. The molecule has 2 amide bonds. The van der Waals surface area contributed by atoms with E-state index in [1.165, 1.54) is 39.4 Å². The van der Waals surface area contributed by atoms with Gasteiger partial charge >= 0.3 is 16.1 Å². The molecule has 1 rings (SSSR count). The van der Waals surface area contributed by atoms with Crippen LogP contribution >= 0.6 is 11.6 Å². The minimum atomic E-state index is -4.57. The van der Waals surface area contributed by atoms with Crippen LogP contribution in [0, 0.1) is 6.92 Å². The molecule has 0 aromatic heterocycles. The van der Waals surface area contributed by atoms with Crippen LogP contribution in [0.15, 0.2) is 23.2 Å². The molecule has 0 fully saturated rings. The minimum Gasteiger partial charge on any atom is -0.331 e. The number of hydrogen-bond donors (Lipinski definition) is 1. The lowest BCUT2D eigenvalue weighted by Gasteiger charge is -2.33. The molecule has 134 valence electrons. The van der Waals surface area contributed by atoms with Crippen LogP contribution in [0.25, 0.3) is 0 Å². The Morgan fingerprint density at radius 2 is 1.88 bits per heavy atom. The van der Waals surface area contributed by atoms with Crippen molar-refractivity contribution in [2.45, 2.75) is 12.4 Å². The van der Waals surface area contributed by atoms with Gasteiger partial charge in [0, 0.05) is 33.2 Å². The summed E-state index contributed by atoms with van der Waals surface area (Å²) in [5.74, 6) is 0.